The minimum atomic E-state index is 0.220. The second-order valence-corrected chi connectivity index (χ2v) is 9.10. The van der Waals surface area contributed by atoms with Gasteiger partial charge in [0.2, 0.25) is 0 Å². The minimum Gasteiger partial charge on any atom is -0.314 e. The molecule has 0 aromatic rings. The van der Waals surface area contributed by atoms with E-state index in [2.05, 4.69) is 49.4 Å². The molecule has 2 aliphatic rings. The largest absolute Gasteiger partial charge is 0.314 e. The molecule has 2 N–H and O–H groups in total. The maximum atomic E-state index is 4.15. The van der Waals surface area contributed by atoms with E-state index in [4.69, 9.17) is 0 Å². The minimum absolute atomic E-state index is 0.220. The fourth-order valence-corrected chi connectivity index (χ4v) is 4.79. The lowest BCUT2D eigenvalue weighted by Gasteiger charge is -2.44. The monoisotopic (exact) mass is 394 g/mol. The van der Waals surface area contributed by atoms with Crippen LogP contribution in [0, 0.1) is 5.92 Å². The summed E-state index contributed by atoms with van der Waals surface area (Å²) >= 11 is 7.86. The van der Waals surface area contributed by atoms with Crippen molar-refractivity contribution < 1.29 is 0 Å². The normalized spacial score (nSPS) is 39.9. The van der Waals surface area contributed by atoms with E-state index in [0.717, 1.165) is 25.6 Å². The quantitative estimate of drug-likeness (QED) is 0.659. The SMILES string of the molecule is CC1NCC(Br)CNCC1(Br)C1CCCCCCC1. The number of hydrogen-bond acceptors (Lipinski definition) is 2. The van der Waals surface area contributed by atoms with E-state index in [1.54, 1.807) is 0 Å². The van der Waals surface area contributed by atoms with Gasteiger partial charge in [0.1, 0.15) is 0 Å². The van der Waals surface area contributed by atoms with Crippen molar-refractivity contribution in [3.05, 3.63) is 0 Å². The molecule has 3 atom stereocenters. The standard InChI is InChI=1S/C15H28Br2N2/c1-12-15(17,11-18-9-14(16)10-19-12)13-7-5-3-2-4-6-8-13/h12-14,18-19H,2-11H2,1H3. The summed E-state index contributed by atoms with van der Waals surface area (Å²) in [5, 5.41) is 7.38. The Hall–Kier alpha value is 0.880. The van der Waals surface area contributed by atoms with Gasteiger partial charge in [0.05, 0.1) is 4.32 Å². The molecule has 1 saturated heterocycles. The Balaban J connectivity index is 2.03. The highest BCUT2D eigenvalue weighted by Crippen LogP contribution is 2.39. The highest BCUT2D eigenvalue weighted by molar-refractivity contribution is 9.10. The lowest BCUT2D eigenvalue weighted by Crippen LogP contribution is -2.59. The number of alkyl halides is 2. The molecule has 0 bridgehead atoms. The number of nitrogens with one attached hydrogen (secondary N) is 2. The van der Waals surface area contributed by atoms with Gasteiger partial charge in [-0.3, -0.25) is 0 Å². The Labute approximate surface area is 135 Å². The van der Waals surface area contributed by atoms with Crippen LogP contribution < -0.4 is 10.6 Å². The predicted octanol–water partition coefficient (Wildman–Crippen LogP) is 3.83. The summed E-state index contributed by atoms with van der Waals surface area (Å²) < 4.78 is 0.220. The number of hydrogen-bond donors (Lipinski definition) is 2. The van der Waals surface area contributed by atoms with Crippen LogP contribution >= 0.6 is 31.9 Å². The zero-order valence-electron chi connectivity index (χ0n) is 12.1. The van der Waals surface area contributed by atoms with Crippen LogP contribution in [0.3, 0.4) is 0 Å². The number of halogens is 2. The van der Waals surface area contributed by atoms with Gasteiger partial charge in [-0.25, -0.2) is 0 Å². The molecule has 0 amide bonds. The van der Waals surface area contributed by atoms with Crippen molar-refractivity contribution in [2.24, 2.45) is 5.92 Å². The third-order valence-electron chi connectivity index (χ3n) is 4.91. The summed E-state index contributed by atoms with van der Waals surface area (Å²) in [7, 11) is 0. The Morgan fingerprint density at radius 2 is 1.63 bits per heavy atom. The Morgan fingerprint density at radius 1 is 1.00 bits per heavy atom. The first-order valence-electron chi connectivity index (χ1n) is 7.90. The highest BCUT2D eigenvalue weighted by atomic mass is 79.9. The van der Waals surface area contributed by atoms with Crippen LogP contribution in [0.25, 0.3) is 0 Å². The van der Waals surface area contributed by atoms with Crippen molar-refractivity contribution in [2.45, 2.75) is 67.1 Å². The molecule has 19 heavy (non-hydrogen) atoms. The van der Waals surface area contributed by atoms with Crippen LogP contribution in [-0.2, 0) is 0 Å². The third kappa shape index (κ3) is 4.42. The van der Waals surface area contributed by atoms with Gasteiger partial charge in [-0.15, -0.1) is 0 Å². The molecule has 2 nitrogen and oxygen atoms in total. The van der Waals surface area contributed by atoms with E-state index >= 15 is 0 Å². The molecule has 1 saturated carbocycles. The Morgan fingerprint density at radius 3 is 2.32 bits per heavy atom. The van der Waals surface area contributed by atoms with Gasteiger partial charge < -0.3 is 10.6 Å². The lowest BCUT2D eigenvalue weighted by molar-refractivity contribution is 0.240. The molecule has 2 rings (SSSR count). The van der Waals surface area contributed by atoms with Gasteiger partial charge in [0, 0.05) is 30.5 Å². The van der Waals surface area contributed by atoms with Crippen molar-refractivity contribution in [3.63, 3.8) is 0 Å². The number of rotatable bonds is 1. The summed E-state index contributed by atoms with van der Waals surface area (Å²) in [5.41, 5.74) is 0. The molecule has 0 aromatic carbocycles. The van der Waals surface area contributed by atoms with E-state index in [-0.39, 0.29) is 4.32 Å². The second kappa shape index (κ2) is 7.77. The fourth-order valence-electron chi connectivity index (χ4n) is 3.55. The topological polar surface area (TPSA) is 24.1 Å². The fraction of sp³-hybridized carbons (Fsp3) is 1.00. The molecule has 1 aliphatic heterocycles. The van der Waals surface area contributed by atoms with Crippen LogP contribution in [0.15, 0.2) is 0 Å². The molecule has 1 heterocycles. The predicted molar refractivity (Wildman–Crippen MR) is 90.5 cm³/mol. The smallest absolute Gasteiger partial charge is 0.0560 e. The van der Waals surface area contributed by atoms with E-state index in [1.807, 2.05) is 0 Å². The average molecular weight is 396 g/mol. The van der Waals surface area contributed by atoms with Crippen LogP contribution in [0.5, 0.6) is 0 Å². The Bertz CT molecular complexity index is 267. The van der Waals surface area contributed by atoms with E-state index in [9.17, 15) is 0 Å². The summed E-state index contributed by atoms with van der Waals surface area (Å²) in [5.74, 6) is 0.801. The molecular formula is C15H28Br2N2. The molecule has 112 valence electrons. The van der Waals surface area contributed by atoms with Crippen LogP contribution in [0.2, 0.25) is 0 Å². The van der Waals surface area contributed by atoms with Gasteiger partial charge in [-0.05, 0) is 25.7 Å². The second-order valence-electron chi connectivity index (χ2n) is 6.33. The van der Waals surface area contributed by atoms with Crippen molar-refractivity contribution in [1.29, 1.82) is 0 Å². The molecule has 0 aromatic heterocycles. The molecule has 3 unspecified atom stereocenters. The van der Waals surface area contributed by atoms with Gasteiger partial charge in [-0.1, -0.05) is 64.0 Å². The molecular weight excluding hydrogens is 368 g/mol. The van der Waals surface area contributed by atoms with Crippen molar-refractivity contribution in [1.82, 2.24) is 10.6 Å². The molecule has 0 radical (unpaired) electrons. The van der Waals surface area contributed by atoms with E-state index in [1.165, 1.54) is 44.9 Å². The first-order chi connectivity index (χ1) is 9.13. The maximum Gasteiger partial charge on any atom is 0.0560 e. The highest BCUT2D eigenvalue weighted by Gasteiger charge is 2.41. The van der Waals surface area contributed by atoms with E-state index in [0.29, 0.717) is 10.9 Å². The Kier molecular flexibility index (Phi) is 6.64. The van der Waals surface area contributed by atoms with Crippen molar-refractivity contribution in [3.8, 4) is 0 Å². The van der Waals surface area contributed by atoms with Gasteiger partial charge in [0.15, 0.2) is 0 Å². The first-order valence-corrected chi connectivity index (χ1v) is 9.61. The summed E-state index contributed by atoms with van der Waals surface area (Å²) in [6.45, 7) is 5.53. The molecule has 4 heteroatoms. The zero-order chi connectivity index (χ0) is 13.7. The average Bonchev–Trinajstić information content (AvgIpc) is 2.34. The molecule has 2 fully saturated rings. The maximum absolute atomic E-state index is 4.15. The first kappa shape index (κ1) is 16.3. The summed E-state index contributed by atoms with van der Waals surface area (Å²) in [6, 6.07) is 0.518. The van der Waals surface area contributed by atoms with Crippen LogP contribution in [0.1, 0.15) is 51.9 Å². The lowest BCUT2D eigenvalue weighted by atomic mass is 9.78. The van der Waals surface area contributed by atoms with Crippen molar-refractivity contribution in [2.75, 3.05) is 19.6 Å². The summed E-state index contributed by atoms with van der Waals surface area (Å²) in [4.78, 5) is 0.546. The van der Waals surface area contributed by atoms with E-state index < -0.39 is 0 Å². The molecule has 0 spiro atoms. The van der Waals surface area contributed by atoms with Crippen molar-refractivity contribution >= 4 is 31.9 Å². The van der Waals surface area contributed by atoms with Gasteiger partial charge >= 0.3 is 0 Å². The zero-order valence-corrected chi connectivity index (χ0v) is 15.2. The van der Waals surface area contributed by atoms with Crippen LogP contribution in [-0.4, -0.2) is 34.8 Å². The van der Waals surface area contributed by atoms with Gasteiger partial charge in [0.25, 0.3) is 0 Å². The summed E-state index contributed by atoms with van der Waals surface area (Å²) in [6.07, 6.45) is 9.89. The third-order valence-corrected chi connectivity index (χ3v) is 7.17. The molecule has 1 aliphatic carbocycles. The van der Waals surface area contributed by atoms with Gasteiger partial charge in [-0.2, -0.15) is 0 Å². The van der Waals surface area contributed by atoms with Crippen LogP contribution in [0.4, 0.5) is 0 Å².